The van der Waals surface area contributed by atoms with E-state index in [1.165, 1.54) is 6.55 Å². The molecule has 0 bridgehead atoms. The fourth-order valence-corrected chi connectivity index (χ4v) is 0.488. The van der Waals surface area contributed by atoms with Gasteiger partial charge in [-0.25, -0.2) is 0 Å². The van der Waals surface area contributed by atoms with Gasteiger partial charge >= 0.3 is 0 Å². The first kappa shape index (κ1) is 6.78. The van der Waals surface area contributed by atoms with Crippen LogP contribution in [-0.2, 0) is 9.47 Å². The van der Waals surface area contributed by atoms with Crippen LogP contribution in [0.3, 0.4) is 0 Å². The average Bonchev–Trinajstić information content (AvgIpc) is 1.90. The van der Waals surface area contributed by atoms with Gasteiger partial charge in [-0.2, -0.15) is 0 Å². The summed E-state index contributed by atoms with van der Waals surface area (Å²) in [6.07, 6.45) is 1.22. The maximum atomic E-state index is 6.75. The fourth-order valence-electron chi connectivity index (χ4n) is 0.488. The number of rotatable bonds is 5. The molecule has 0 unspecified atom stereocenters. The minimum absolute atomic E-state index is 0.340. The standard InChI is InChI=1S/C7H14O2/c1-4-7(8-5-2)9-6-3/h4,7H,1,5-6H2,2-3H3/i1D. The van der Waals surface area contributed by atoms with Crippen LogP contribution in [0.25, 0.3) is 0 Å². The lowest BCUT2D eigenvalue weighted by Gasteiger charge is -2.10. The molecule has 0 aromatic rings. The van der Waals surface area contributed by atoms with Crippen LogP contribution in [0, 0.1) is 0 Å². The molecule has 0 radical (unpaired) electrons. The van der Waals surface area contributed by atoms with Gasteiger partial charge in [0.25, 0.3) is 0 Å². The predicted molar refractivity (Wildman–Crippen MR) is 37.2 cm³/mol. The Morgan fingerprint density at radius 2 is 2.11 bits per heavy atom. The van der Waals surface area contributed by atoms with Gasteiger partial charge in [-0.1, -0.05) is 6.55 Å². The molecule has 0 aliphatic rings. The summed E-state index contributed by atoms with van der Waals surface area (Å²) in [7, 11) is 0. The van der Waals surface area contributed by atoms with E-state index in [0.29, 0.717) is 13.2 Å². The summed E-state index contributed by atoms with van der Waals surface area (Å²) in [5.74, 6) is 0. The highest BCUT2D eigenvalue weighted by Gasteiger charge is 1.98. The number of ether oxygens (including phenoxy) is 2. The van der Waals surface area contributed by atoms with E-state index >= 15 is 0 Å². The number of hydrogen-bond donors (Lipinski definition) is 0. The molecule has 2 nitrogen and oxygen atoms in total. The molecule has 0 saturated heterocycles. The molecule has 2 heteroatoms. The highest BCUT2D eigenvalue weighted by Crippen LogP contribution is 1.94. The van der Waals surface area contributed by atoms with Crippen LogP contribution >= 0.6 is 0 Å². The van der Waals surface area contributed by atoms with Gasteiger partial charge < -0.3 is 9.47 Å². The largest absolute Gasteiger partial charge is 0.349 e. The fraction of sp³-hybridized carbons (Fsp3) is 0.714. The van der Waals surface area contributed by atoms with Crippen LogP contribution < -0.4 is 0 Å². The van der Waals surface area contributed by atoms with Gasteiger partial charge in [0.2, 0.25) is 0 Å². The van der Waals surface area contributed by atoms with E-state index in [9.17, 15) is 0 Å². The smallest absolute Gasteiger partial charge is 0.176 e. The Kier molecular flexibility index (Phi) is 4.36. The molecule has 0 atom stereocenters. The SMILES string of the molecule is [2H]C=CC(OCC)OCC. The molecule has 9 heavy (non-hydrogen) atoms. The Bertz CT molecular complexity index is 87.6. The highest BCUT2D eigenvalue weighted by molar-refractivity contribution is 4.71. The Morgan fingerprint density at radius 3 is 2.44 bits per heavy atom. The van der Waals surface area contributed by atoms with Crippen molar-refractivity contribution in [2.24, 2.45) is 0 Å². The minimum atomic E-state index is -0.340. The van der Waals surface area contributed by atoms with Crippen molar-refractivity contribution >= 4 is 0 Å². The van der Waals surface area contributed by atoms with E-state index in [1.54, 1.807) is 6.08 Å². The van der Waals surface area contributed by atoms with Crippen LogP contribution in [0.5, 0.6) is 0 Å². The minimum Gasteiger partial charge on any atom is -0.349 e. The summed E-state index contributed by atoms with van der Waals surface area (Å²) in [6.45, 7) is 6.17. The summed E-state index contributed by atoms with van der Waals surface area (Å²) < 4.78 is 16.9. The molecule has 0 spiro atoms. The van der Waals surface area contributed by atoms with Gasteiger partial charge in [0.1, 0.15) is 0 Å². The normalized spacial score (nSPS) is 13.0. The Balaban J connectivity index is 3.50. The van der Waals surface area contributed by atoms with Crippen LogP contribution in [0.2, 0.25) is 0 Å². The molecule has 0 aromatic heterocycles. The summed E-state index contributed by atoms with van der Waals surface area (Å²) in [6, 6.07) is 0. The molecule has 0 N–H and O–H groups in total. The maximum Gasteiger partial charge on any atom is 0.176 e. The predicted octanol–water partition coefficient (Wildman–Crippen LogP) is 1.57. The van der Waals surface area contributed by atoms with E-state index in [2.05, 4.69) is 0 Å². The highest BCUT2D eigenvalue weighted by atomic mass is 16.7. The Hall–Kier alpha value is -0.340. The molecule has 0 saturated carbocycles. The van der Waals surface area contributed by atoms with Crippen molar-refractivity contribution < 1.29 is 10.8 Å². The third-order valence-electron chi connectivity index (χ3n) is 0.819. The quantitative estimate of drug-likeness (QED) is 0.416. The Morgan fingerprint density at radius 1 is 1.56 bits per heavy atom. The zero-order valence-electron chi connectivity index (χ0n) is 6.96. The van der Waals surface area contributed by atoms with Gasteiger partial charge in [-0.3, -0.25) is 0 Å². The first-order chi connectivity index (χ1) is 4.85. The van der Waals surface area contributed by atoms with Crippen LogP contribution in [0.1, 0.15) is 15.2 Å². The molecule has 0 aliphatic heterocycles. The van der Waals surface area contributed by atoms with E-state index in [1.807, 2.05) is 13.8 Å². The van der Waals surface area contributed by atoms with E-state index in [4.69, 9.17) is 10.8 Å². The molecule has 54 valence electrons. The Labute approximate surface area is 57.9 Å². The van der Waals surface area contributed by atoms with Crippen molar-refractivity contribution in [3.63, 3.8) is 0 Å². The van der Waals surface area contributed by atoms with Crippen molar-refractivity contribution in [2.75, 3.05) is 13.2 Å². The molecule has 0 amide bonds. The summed E-state index contributed by atoms with van der Waals surface area (Å²) in [4.78, 5) is 0. The lowest BCUT2D eigenvalue weighted by molar-refractivity contribution is -0.103. The van der Waals surface area contributed by atoms with Crippen molar-refractivity contribution in [2.45, 2.75) is 20.1 Å². The zero-order chi connectivity index (χ0) is 7.82. The molecule has 0 rings (SSSR count). The van der Waals surface area contributed by atoms with Gasteiger partial charge in [-0.05, 0) is 19.9 Å². The molecular formula is C7H14O2. The van der Waals surface area contributed by atoms with E-state index in [0.717, 1.165) is 0 Å². The van der Waals surface area contributed by atoms with Gasteiger partial charge in [0, 0.05) is 13.2 Å². The molecule has 0 fully saturated rings. The summed E-state index contributed by atoms with van der Waals surface area (Å²) in [5.41, 5.74) is 0. The van der Waals surface area contributed by atoms with E-state index in [-0.39, 0.29) is 6.29 Å². The average molecular weight is 131 g/mol. The molecule has 0 heterocycles. The van der Waals surface area contributed by atoms with Crippen LogP contribution in [0.15, 0.2) is 12.6 Å². The lowest BCUT2D eigenvalue weighted by Crippen LogP contribution is -2.13. The van der Waals surface area contributed by atoms with Gasteiger partial charge in [-0.15, -0.1) is 0 Å². The van der Waals surface area contributed by atoms with Gasteiger partial charge in [0.05, 0.1) is 1.37 Å². The third kappa shape index (κ3) is 4.18. The molecular weight excluding hydrogens is 116 g/mol. The molecule has 0 aliphatic carbocycles. The summed E-state index contributed by atoms with van der Waals surface area (Å²) >= 11 is 0. The second-order valence-corrected chi connectivity index (χ2v) is 1.47. The van der Waals surface area contributed by atoms with Crippen molar-refractivity contribution in [3.8, 4) is 0 Å². The van der Waals surface area contributed by atoms with Crippen molar-refractivity contribution in [1.82, 2.24) is 0 Å². The topological polar surface area (TPSA) is 18.5 Å². The monoisotopic (exact) mass is 131 g/mol. The first-order valence-electron chi connectivity index (χ1n) is 3.71. The first-order valence-corrected chi connectivity index (χ1v) is 3.13. The third-order valence-corrected chi connectivity index (χ3v) is 0.819. The van der Waals surface area contributed by atoms with Gasteiger partial charge in [0.15, 0.2) is 6.29 Å². The maximum absolute atomic E-state index is 6.75. The molecule has 0 aromatic carbocycles. The summed E-state index contributed by atoms with van der Waals surface area (Å²) in [5, 5.41) is 0. The van der Waals surface area contributed by atoms with Crippen molar-refractivity contribution in [1.29, 1.82) is 0 Å². The van der Waals surface area contributed by atoms with Crippen LogP contribution in [-0.4, -0.2) is 19.5 Å². The second-order valence-electron chi connectivity index (χ2n) is 1.47. The lowest BCUT2D eigenvalue weighted by atomic mass is 10.6. The van der Waals surface area contributed by atoms with E-state index < -0.39 is 0 Å². The number of hydrogen-bond acceptors (Lipinski definition) is 2. The zero-order valence-corrected chi connectivity index (χ0v) is 5.96. The van der Waals surface area contributed by atoms with Crippen molar-refractivity contribution in [3.05, 3.63) is 12.6 Å². The second kappa shape index (κ2) is 5.79. The van der Waals surface area contributed by atoms with Crippen LogP contribution in [0.4, 0.5) is 0 Å².